The molecule has 0 aliphatic rings. The van der Waals surface area contributed by atoms with Gasteiger partial charge in [0.05, 0.1) is 6.20 Å². The molecule has 2 N–H and O–H groups in total. The Morgan fingerprint density at radius 2 is 2.06 bits per heavy atom. The highest BCUT2D eigenvalue weighted by atomic mass is 79.9. The minimum Gasteiger partial charge on any atom is -0.330 e. The van der Waals surface area contributed by atoms with Crippen molar-refractivity contribution in [3.8, 4) is 11.1 Å². The van der Waals surface area contributed by atoms with Gasteiger partial charge < -0.3 is 5.73 Å². The summed E-state index contributed by atoms with van der Waals surface area (Å²) in [5, 5.41) is 4.34. The van der Waals surface area contributed by atoms with Crippen LogP contribution in [0.25, 0.3) is 11.1 Å². The molecule has 0 spiro atoms. The number of hydrogen-bond acceptors (Lipinski definition) is 2. The summed E-state index contributed by atoms with van der Waals surface area (Å²) in [5.41, 5.74) is 9.19. The van der Waals surface area contributed by atoms with Crippen LogP contribution in [0.1, 0.15) is 12.1 Å². The lowest BCUT2D eigenvalue weighted by Crippen LogP contribution is -2.05. The van der Waals surface area contributed by atoms with Gasteiger partial charge in [-0.25, -0.2) is 0 Å². The van der Waals surface area contributed by atoms with Gasteiger partial charge in [0, 0.05) is 22.8 Å². The zero-order valence-corrected chi connectivity index (χ0v) is 11.4. The maximum Gasteiger partial charge on any atom is 0.0571 e. The van der Waals surface area contributed by atoms with E-state index in [1.165, 1.54) is 16.8 Å². The van der Waals surface area contributed by atoms with Crippen molar-refractivity contribution in [3.05, 3.63) is 40.6 Å². The van der Waals surface area contributed by atoms with E-state index in [1.807, 2.05) is 30.1 Å². The lowest BCUT2D eigenvalue weighted by Gasteiger charge is -2.07. The fourth-order valence-electron chi connectivity index (χ4n) is 1.93. The molecule has 0 saturated carbocycles. The average molecular weight is 294 g/mol. The number of rotatable bonds is 4. The summed E-state index contributed by atoms with van der Waals surface area (Å²) in [7, 11) is 1.98. The largest absolute Gasteiger partial charge is 0.330 e. The Labute approximate surface area is 110 Å². The highest BCUT2D eigenvalue weighted by Gasteiger charge is 2.12. The zero-order chi connectivity index (χ0) is 12.3. The van der Waals surface area contributed by atoms with Crippen LogP contribution in [0.15, 0.2) is 34.9 Å². The Balaban J connectivity index is 2.42. The van der Waals surface area contributed by atoms with Gasteiger partial charge in [0.25, 0.3) is 0 Å². The maximum absolute atomic E-state index is 5.57. The van der Waals surface area contributed by atoms with Crippen molar-refractivity contribution in [2.24, 2.45) is 12.8 Å². The van der Waals surface area contributed by atoms with Crippen LogP contribution in [0.2, 0.25) is 0 Å². The Morgan fingerprint density at radius 3 is 2.76 bits per heavy atom. The fraction of sp³-hybridized carbons (Fsp3) is 0.308. The molecule has 0 fully saturated rings. The van der Waals surface area contributed by atoms with E-state index in [4.69, 9.17) is 5.73 Å². The average Bonchev–Trinajstić information content (AvgIpc) is 2.69. The summed E-state index contributed by atoms with van der Waals surface area (Å²) in [4.78, 5) is 0. The molecule has 0 amide bonds. The molecule has 1 aromatic heterocycles. The Kier molecular flexibility index (Phi) is 3.97. The summed E-state index contributed by atoms with van der Waals surface area (Å²) in [6, 6.07) is 8.21. The van der Waals surface area contributed by atoms with Gasteiger partial charge in [0.2, 0.25) is 0 Å². The van der Waals surface area contributed by atoms with Gasteiger partial charge in [-0.15, -0.1) is 0 Å². The third kappa shape index (κ3) is 2.58. The smallest absolute Gasteiger partial charge is 0.0571 e. The third-order valence-electron chi connectivity index (χ3n) is 2.84. The van der Waals surface area contributed by atoms with Crippen LogP contribution >= 0.6 is 15.9 Å². The zero-order valence-electron chi connectivity index (χ0n) is 9.86. The van der Waals surface area contributed by atoms with E-state index >= 15 is 0 Å². The molecule has 4 heteroatoms. The van der Waals surface area contributed by atoms with Gasteiger partial charge in [-0.05, 0) is 31.0 Å². The van der Waals surface area contributed by atoms with Crippen molar-refractivity contribution in [2.75, 3.05) is 6.54 Å². The lowest BCUT2D eigenvalue weighted by molar-refractivity contribution is 0.687. The topological polar surface area (TPSA) is 43.8 Å². The van der Waals surface area contributed by atoms with Crippen molar-refractivity contribution in [3.63, 3.8) is 0 Å². The number of nitrogens with zero attached hydrogens (tertiary/aromatic N) is 2. The molecule has 2 aromatic rings. The summed E-state index contributed by atoms with van der Waals surface area (Å²) in [6.07, 6.45) is 3.87. The second kappa shape index (κ2) is 5.47. The molecule has 3 nitrogen and oxygen atoms in total. The first-order valence-corrected chi connectivity index (χ1v) is 6.49. The summed E-state index contributed by atoms with van der Waals surface area (Å²) < 4.78 is 3.03. The Hall–Kier alpha value is -1.13. The van der Waals surface area contributed by atoms with Crippen LogP contribution in [0.4, 0.5) is 0 Å². The van der Waals surface area contributed by atoms with E-state index in [0.29, 0.717) is 6.54 Å². The van der Waals surface area contributed by atoms with E-state index in [1.54, 1.807) is 0 Å². The van der Waals surface area contributed by atoms with Gasteiger partial charge >= 0.3 is 0 Å². The monoisotopic (exact) mass is 293 g/mol. The maximum atomic E-state index is 5.57. The fourth-order valence-corrected chi connectivity index (χ4v) is 2.43. The lowest BCUT2D eigenvalue weighted by atomic mass is 10.0. The summed E-state index contributed by atoms with van der Waals surface area (Å²) in [5.74, 6) is 0. The summed E-state index contributed by atoms with van der Waals surface area (Å²) >= 11 is 3.58. The number of aryl methyl sites for hydroxylation is 1. The van der Waals surface area contributed by atoms with Crippen LogP contribution < -0.4 is 5.73 Å². The van der Waals surface area contributed by atoms with Gasteiger partial charge in [0.15, 0.2) is 0 Å². The highest BCUT2D eigenvalue weighted by molar-refractivity contribution is 9.10. The van der Waals surface area contributed by atoms with Gasteiger partial charge in [-0.3, -0.25) is 4.68 Å². The molecule has 90 valence electrons. The van der Waals surface area contributed by atoms with E-state index in [9.17, 15) is 0 Å². The first kappa shape index (κ1) is 12.3. The molecule has 0 radical (unpaired) electrons. The standard InChI is InChI=1S/C13H16BrN3/c1-17-13(7-4-8-15)11(9-16-17)10-5-2-3-6-12(10)14/h2-3,5-6,9H,4,7-8,15H2,1H3. The predicted molar refractivity (Wildman–Crippen MR) is 73.7 cm³/mol. The van der Waals surface area contributed by atoms with Crippen LogP contribution in [0.3, 0.4) is 0 Å². The first-order valence-electron chi connectivity index (χ1n) is 5.70. The van der Waals surface area contributed by atoms with Crippen molar-refractivity contribution >= 4 is 15.9 Å². The van der Waals surface area contributed by atoms with Crippen LogP contribution in [0.5, 0.6) is 0 Å². The number of hydrogen-bond donors (Lipinski definition) is 1. The van der Waals surface area contributed by atoms with E-state index in [2.05, 4.69) is 33.2 Å². The first-order chi connectivity index (χ1) is 8.24. The molecule has 2 rings (SSSR count). The van der Waals surface area contributed by atoms with Crippen molar-refractivity contribution < 1.29 is 0 Å². The quantitative estimate of drug-likeness (QED) is 0.942. The summed E-state index contributed by atoms with van der Waals surface area (Å²) in [6.45, 7) is 0.709. The van der Waals surface area contributed by atoms with Crippen molar-refractivity contribution in [1.29, 1.82) is 0 Å². The molecule has 1 aromatic carbocycles. The number of aromatic nitrogens is 2. The SMILES string of the molecule is Cn1ncc(-c2ccccc2Br)c1CCCN. The molecule has 0 aliphatic heterocycles. The molecule has 1 heterocycles. The third-order valence-corrected chi connectivity index (χ3v) is 3.53. The second-order valence-electron chi connectivity index (χ2n) is 4.00. The molecular formula is C13H16BrN3. The molecule has 0 atom stereocenters. The minimum absolute atomic E-state index is 0.709. The number of nitrogens with two attached hydrogens (primary N) is 1. The normalized spacial score (nSPS) is 10.8. The van der Waals surface area contributed by atoms with Crippen LogP contribution in [-0.2, 0) is 13.5 Å². The van der Waals surface area contributed by atoms with Crippen LogP contribution in [0, 0.1) is 0 Å². The predicted octanol–water partition coefficient (Wildman–Crippen LogP) is 2.74. The molecular weight excluding hydrogens is 278 g/mol. The second-order valence-corrected chi connectivity index (χ2v) is 4.85. The highest BCUT2D eigenvalue weighted by Crippen LogP contribution is 2.30. The number of benzene rings is 1. The van der Waals surface area contributed by atoms with E-state index < -0.39 is 0 Å². The number of halogens is 1. The Morgan fingerprint density at radius 1 is 1.29 bits per heavy atom. The van der Waals surface area contributed by atoms with E-state index in [-0.39, 0.29) is 0 Å². The van der Waals surface area contributed by atoms with Crippen molar-refractivity contribution in [2.45, 2.75) is 12.8 Å². The minimum atomic E-state index is 0.709. The Bertz CT molecular complexity index is 505. The molecule has 17 heavy (non-hydrogen) atoms. The van der Waals surface area contributed by atoms with Gasteiger partial charge in [0.1, 0.15) is 0 Å². The molecule has 0 saturated heterocycles. The van der Waals surface area contributed by atoms with Crippen molar-refractivity contribution in [1.82, 2.24) is 9.78 Å². The molecule has 0 unspecified atom stereocenters. The molecule has 0 aliphatic carbocycles. The van der Waals surface area contributed by atoms with Gasteiger partial charge in [-0.1, -0.05) is 34.1 Å². The molecule has 0 bridgehead atoms. The van der Waals surface area contributed by atoms with E-state index in [0.717, 1.165) is 17.3 Å². The van der Waals surface area contributed by atoms with Gasteiger partial charge in [-0.2, -0.15) is 5.10 Å². The van der Waals surface area contributed by atoms with Crippen LogP contribution in [-0.4, -0.2) is 16.3 Å².